The molecule has 0 saturated heterocycles. The highest BCUT2D eigenvalue weighted by atomic mass is 32.1. The number of nitriles is 1. The lowest BCUT2D eigenvalue weighted by atomic mass is 9.85. The van der Waals surface area contributed by atoms with E-state index in [-0.39, 0.29) is 22.1 Å². The van der Waals surface area contributed by atoms with Gasteiger partial charge in [0, 0.05) is 0 Å². The molecule has 110 valence electrons. The number of nitrogens with two attached hydrogens (primary N) is 1. The van der Waals surface area contributed by atoms with Crippen LogP contribution in [0, 0.1) is 23.0 Å². The number of aromatic nitrogens is 2. The van der Waals surface area contributed by atoms with E-state index in [0.717, 1.165) is 11.1 Å². The zero-order valence-corrected chi connectivity index (χ0v) is 12.5. The number of allylic oxidation sites excluding steroid dienone is 1. The van der Waals surface area contributed by atoms with Crippen LogP contribution >= 0.6 is 12.2 Å². The molecule has 0 bridgehead atoms. The first-order valence-corrected chi connectivity index (χ1v) is 6.92. The van der Waals surface area contributed by atoms with Crippen LogP contribution in [-0.4, -0.2) is 9.97 Å². The Morgan fingerprint density at radius 2 is 2.00 bits per heavy atom. The fourth-order valence-electron chi connectivity index (χ4n) is 2.48. The predicted octanol–water partition coefficient (Wildman–Crippen LogP) is 1.96. The van der Waals surface area contributed by atoms with Crippen molar-refractivity contribution in [1.82, 2.24) is 9.97 Å². The summed E-state index contributed by atoms with van der Waals surface area (Å²) < 4.78 is 5.50. The van der Waals surface area contributed by atoms with Crippen LogP contribution in [0.1, 0.15) is 22.6 Å². The maximum absolute atomic E-state index is 12.3. The summed E-state index contributed by atoms with van der Waals surface area (Å²) in [5.41, 5.74) is 7.79. The van der Waals surface area contributed by atoms with Crippen molar-refractivity contribution in [3.8, 4) is 11.9 Å². The number of rotatable bonds is 1. The molecular formula is C15H12N4O2S. The minimum atomic E-state index is -0.593. The van der Waals surface area contributed by atoms with Crippen molar-refractivity contribution in [2.75, 3.05) is 0 Å². The molecule has 0 radical (unpaired) electrons. The normalized spacial score (nSPS) is 16.6. The lowest BCUT2D eigenvalue weighted by Gasteiger charge is -2.24. The van der Waals surface area contributed by atoms with Crippen molar-refractivity contribution in [2.24, 2.45) is 5.73 Å². The average Bonchev–Trinajstić information content (AvgIpc) is 2.46. The SMILES string of the molecule is Cc1ccc([C@H]2C(C#N)=C(N)Oc3[nH]c(=S)[nH]c(=O)c32)cc1. The first-order valence-electron chi connectivity index (χ1n) is 6.52. The molecule has 7 heteroatoms. The van der Waals surface area contributed by atoms with Crippen LogP contribution in [0.5, 0.6) is 5.88 Å². The lowest BCUT2D eigenvalue weighted by molar-refractivity contribution is 0.374. The highest BCUT2D eigenvalue weighted by Gasteiger charge is 2.33. The van der Waals surface area contributed by atoms with Crippen LogP contribution in [0.3, 0.4) is 0 Å². The summed E-state index contributed by atoms with van der Waals surface area (Å²) >= 11 is 4.94. The number of fused-ring (bicyclic) bond motifs is 1. The van der Waals surface area contributed by atoms with E-state index in [2.05, 4.69) is 9.97 Å². The third-order valence-electron chi connectivity index (χ3n) is 3.53. The van der Waals surface area contributed by atoms with E-state index in [1.807, 2.05) is 37.3 Å². The number of ether oxygens (including phenoxy) is 1. The second kappa shape index (κ2) is 5.16. The highest BCUT2D eigenvalue weighted by molar-refractivity contribution is 7.71. The van der Waals surface area contributed by atoms with Crippen LogP contribution in [0.15, 0.2) is 40.5 Å². The molecule has 22 heavy (non-hydrogen) atoms. The molecule has 1 atom stereocenters. The summed E-state index contributed by atoms with van der Waals surface area (Å²) in [7, 11) is 0. The lowest BCUT2D eigenvalue weighted by Crippen LogP contribution is -2.28. The zero-order chi connectivity index (χ0) is 15.9. The summed E-state index contributed by atoms with van der Waals surface area (Å²) in [5, 5.41) is 9.41. The monoisotopic (exact) mass is 312 g/mol. The van der Waals surface area contributed by atoms with E-state index in [0.29, 0.717) is 5.56 Å². The summed E-state index contributed by atoms with van der Waals surface area (Å²) in [6, 6.07) is 9.58. The molecule has 0 unspecified atom stereocenters. The van der Waals surface area contributed by atoms with Gasteiger partial charge in [-0.15, -0.1) is 0 Å². The summed E-state index contributed by atoms with van der Waals surface area (Å²) in [4.78, 5) is 17.6. The Kier molecular flexibility index (Phi) is 3.31. The number of nitrogens with zero attached hydrogens (tertiary/aromatic N) is 1. The summed E-state index contributed by atoms with van der Waals surface area (Å²) in [5.74, 6) is -0.447. The Morgan fingerprint density at radius 3 is 2.64 bits per heavy atom. The Bertz CT molecular complexity index is 932. The largest absolute Gasteiger partial charge is 0.424 e. The van der Waals surface area contributed by atoms with Gasteiger partial charge in [0.05, 0.1) is 11.5 Å². The van der Waals surface area contributed by atoms with Crippen LogP contribution in [0.25, 0.3) is 0 Å². The Labute approximate surface area is 130 Å². The van der Waals surface area contributed by atoms with E-state index >= 15 is 0 Å². The molecule has 1 aromatic carbocycles. The molecule has 4 N–H and O–H groups in total. The van der Waals surface area contributed by atoms with E-state index < -0.39 is 11.5 Å². The first kappa shape index (κ1) is 14.1. The van der Waals surface area contributed by atoms with Crippen LogP contribution < -0.4 is 16.0 Å². The summed E-state index contributed by atoms with van der Waals surface area (Å²) in [6.07, 6.45) is 0. The third kappa shape index (κ3) is 2.19. The van der Waals surface area contributed by atoms with Gasteiger partial charge in [0.1, 0.15) is 11.6 Å². The molecule has 2 aromatic rings. The Morgan fingerprint density at radius 1 is 1.32 bits per heavy atom. The molecule has 3 rings (SSSR count). The zero-order valence-electron chi connectivity index (χ0n) is 11.6. The van der Waals surface area contributed by atoms with Gasteiger partial charge in [0.25, 0.3) is 5.56 Å². The fourth-order valence-corrected chi connectivity index (χ4v) is 2.67. The molecule has 0 aliphatic carbocycles. The van der Waals surface area contributed by atoms with E-state index in [9.17, 15) is 10.1 Å². The van der Waals surface area contributed by atoms with Crippen molar-refractivity contribution >= 4 is 12.2 Å². The molecular weight excluding hydrogens is 300 g/mol. The van der Waals surface area contributed by atoms with E-state index in [1.54, 1.807) is 0 Å². The average molecular weight is 312 g/mol. The second-order valence-corrected chi connectivity index (χ2v) is 5.39. The van der Waals surface area contributed by atoms with Crippen LogP contribution in [0.4, 0.5) is 0 Å². The van der Waals surface area contributed by atoms with Crippen molar-refractivity contribution in [2.45, 2.75) is 12.8 Å². The van der Waals surface area contributed by atoms with Crippen molar-refractivity contribution in [3.63, 3.8) is 0 Å². The Balaban J connectivity index is 2.32. The maximum atomic E-state index is 12.3. The molecule has 1 aliphatic rings. The molecule has 2 heterocycles. The van der Waals surface area contributed by atoms with Gasteiger partial charge >= 0.3 is 0 Å². The number of hydrogen-bond donors (Lipinski definition) is 3. The van der Waals surface area contributed by atoms with E-state index in [1.165, 1.54) is 0 Å². The van der Waals surface area contributed by atoms with Gasteiger partial charge in [-0.25, -0.2) is 0 Å². The van der Waals surface area contributed by atoms with Crippen molar-refractivity contribution in [3.05, 3.63) is 67.5 Å². The number of nitrogens with one attached hydrogen (secondary N) is 2. The number of aryl methyl sites for hydroxylation is 1. The van der Waals surface area contributed by atoms with Gasteiger partial charge in [0.15, 0.2) is 4.77 Å². The van der Waals surface area contributed by atoms with Crippen LogP contribution in [-0.2, 0) is 0 Å². The summed E-state index contributed by atoms with van der Waals surface area (Å²) in [6.45, 7) is 1.96. The van der Waals surface area contributed by atoms with Gasteiger partial charge in [-0.1, -0.05) is 29.8 Å². The van der Waals surface area contributed by atoms with Crippen LogP contribution in [0.2, 0.25) is 0 Å². The van der Waals surface area contributed by atoms with Gasteiger partial charge in [-0.3, -0.25) is 9.78 Å². The quantitative estimate of drug-likeness (QED) is 0.698. The van der Waals surface area contributed by atoms with Gasteiger partial charge in [-0.2, -0.15) is 5.26 Å². The van der Waals surface area contributed by atoms with Gasteiger partial charge in [-0.05, 0) is 24.7 Å². The molecule has 0 saturated carbocycles. The Hall–Kier alpha value is -2.85. The standard InChI is InChI=1S/C15H12N4O2S/c1-7-2-4-8(5-3-7)10-9(6-16)12(17)21-14-11(10)13(20)18-15(22)19-14/h2-5,10H,17H2,1H3,(H2,18,19,20,22)/t10-/m0/s1. The van der Waals surface area contributed by atoms with Gasteiger partial charge in [0.2, 0.25) is 11.8 Å². The maximum Gasteiger partial charge on any atom is 0.259 e. The molecule has 1 aromatic heterocycles. The topological polar surface area (TPSA) is 108 Å². The molecule has 0 fully saturated rings. The van der Waals surface area contributed by atoms with Crippen molar-refractivity contribution in [1.29, 1.82) is 5.26 Å². The van der Waals surface area contributed by atoms with E-state index in [4.69, 9.17) is 22.7 Å². The predicted molar refractivity (Wildman–Crippen MR) is 82.7 cm³/mol. The van der Waals surface area contributed by atoms with Gasteiger partial charge < -0.3 is 15.5 Å². The minimum Gasteiger partial charge on any atom is -0.424 e. The fraction of sp³-hybridized carbons (Fsp3) is 0.133. The molecule has 1 aliphatic heterocycles. The first-order chi connectivity index (χ1) is 10.5. The number of hydrogen-bond acceptors (Lipinski definition) is 5. The van der Waals surface area contributed by atoms with Crippen molar-refractivity contribution < 1.29 is 4.74 Å². The third-order valence-corrected chi connectivity index (χ3v) is 3.73. The minimum absolute atomic E-state index is 0.0307. The second-order valence-electron chi connectivity index (χ2n) is 4.99. The smallest absolute Gasteiger partial charge is 0.259 e. The molecule has 0 amide bonds. The molecule has 0 spiro atoms. The number of benzene rings is 1. The number of aromatic amines is 2. The molecule has 6 nitrogen and oxygen atoms in total. The highest BCUT2D eigenvalue weighted by Crippen LogP contribution is 2.38. The number of H-pyrrole nitrogens is 2.